The van der Waals surface area contributed by atoms with Gasteiger partial charge in [0.05, 0.1) is 6.26 Å². The number of para-hydroxylation sites is 1. The number of benzene rings is 1. The fourth-order valence-electron chi connectivity index (χ4n) is 4.19. The molecular formula is C21H29Cl2N3O2. The highest BCUT2D eigenvalue weighted by atomic mass is 35.5. The molecule has 1 aromatic carbocycles. The Bertz CT molecular complexity index is 795. The molecule has 154 valence electrons. The van der Waals surface area contributed by atoms with Gasteiger partial charge < -0.3 is 20.0 Å². The average molecular weight is 426 g/mol. The number of nitrogens with one attached hydrogen (secondary N) is 2. The minimum atomic E-state index is -0.106. The number of furan rings is 1. The highest BCUT2D eigenvalue weighted by Crippen LogP contribution is 2.33. The molecule has 1 fully saturated rings. The van der Waals surface area contributed by atoms with E-state index >= 15 is 0 Å². The van der Waals surface area contributed by atoms with Gasteiger partial charge in [-0.1, -0.05) is 18.2 Å². The van der Waals surface area contributed by atoms with E-state index in [4.69, 9.17) is 4.42 Å². The number of rotatable bonds is 4. The van der Waals surface area contributed by atoms with E-state index in [1.165, 1.54) is 11.3 Å². The third-order valence-corrected chi connectivity index (χ3v) is 5.72. The molecule has 0 bridgehead atoms. The lowest BCUT2D eigenvalue weighted by atomic mass is 9.99. The second-order valence-corrected chi connectivity index (χ2v) is 7.55. The Morgan fingerprint density at radius 3 is 2.82 bits per heavy atom. The zero-order valence-corrected chi connectivity index (χ0v) is 17.9. The van der Waals surface area contributed by atoms with E-state index < -0.39 is 0 Å². The highest BCUT2D eigenvalue weighted by molar-refractivity contribution is 5.93. The van der Waals surface area contributed by atoms with Gasteiger partial charge in [0.25, 0.3) is 5.91 Å². The van der Waals surface area contributed by atoms with Gasteiger partial charge in [0.1, 0.15) is 0 Å². The van der Waals surface area contributed by atoms with E-state index in [0.29, 0.717) is 18.3 Å². The number of hydrogen-bond acceptors (Lipinski definition) is 4. The standard InChI is InChI=1S/C21H27N3O2.2ClH/c1-14-12-16-6-3-4-8-19(16)24(14)13-17-9-11-26-20(17)21(25)23-18-7-5-10-22-15(18)2;;/h3-4,6,8-9,11,14-15,18,22H,5,7,10,12-13H2,1-2H3,(H,23,25);2*1H. The van der Waals surface area contributed by atoms with Crippen molar-refractivity contribution in [1.29, 1.82) is 0 Å². The average Bonchev–Trinajstić information content (AvgIpc) is 3.22. The third-order valence-electron chi connectivity index (χ3n) is 5.72. The summed E-state index contributed by atoms with van der Waals surface area (Å²) in [6, 6.07) is 11.3. The van der Waals surface area contributed by atoms with Crippen LogP contribution in [0.4, 0.5) is 5.69 Å². The van der Waals surface area contributed by atoms with Crippen molar-refractivity contribution in [2.75, 3.05) is 11.4 Å². The predicted octanol–water partition coefficient (Wildman–Crippen LogP) is 3.94. The van der Waals surface area contributed by atoms with Crippen molar-refractivity contribution >= 4 is 36.4 Å². The molecule has 0 aliphatic carbocycles. The largest absolute Gasteiger partial charge is 0.459 e. The summed E-state index contributed by atoms with van der Waals surface area (Å²) < 4.78 is 5.58. The van der Waals surface area contributed by atoms with Gasteiger partial charge in [0.2, 0.25) is 0 Å². The topological polar surface area (TPSA) is 57.5 Å². The summed E-state index contributed by atoms with van der Waals surface area (Å²) in [5.74, 6) is 0.338. The van der Waals surface area contributed by atoms with E-state index in [9.17, 15) is 4.79 Å². The van der Waals surface area contributed by atoms with Crippen LogP contribution in [0.1, 0.15) is 48.4 Å². The molecule has 0 saturated carbocycles. The van der Waals surface area contributed by atoms with Crippen LogP contribution in [0.15, 0.2) is 41.0 Å². The van der Waals surface area contributed by atoms with Crippen LogP contribution in [0, 0.1) is 0 Å². The molecule has 2 aromatic rings. The van der Waals surface area contributed by atoms with E-state index in [1.807, 2.05) is 6.07 Å². The molecule has 3 atom stereocenters. The van der Waals surface area contributed by atoms with Crippen LogP contribution in [0.5, 0.6) is 0 Å². The molecule has 1 amide bonds. The van der Waals surface area contributed by atoms with E-state index in [1.54, 1.807) is 6.26 Å². The van der Waals surface area contributed by atoms with Gasteiger partial charge >= 0.3 is 0 Å². The van der Waals surface area contributed by atoms with Gasteiger partial charge in [-0.05, 0) is 57.4 Å². The quantitative estimate of drug-likeness (QED) is 0.778. The number of piperidine rings is 1. The molecule has 1 saturated heterocycles. The Labute approximate surface area is 179 Å². The van der Waals surface area contributed by atoms with Crippen molar-refractivity contribution in [2.24, 2.45) is 0 Å². The second-order valence-electron chi connectivity index (χ2n) is 7.55. The Balaban J connectivity index is 0.00000140. The Kier molecular flexibility index (Phi) is 7.81. The normalized spacial score (nSPS) is 23.4. The van der Waals surface area contributed by atoms with E-state index in [0.717, 1.165) is 31.4 Å². The van der Waals surface area contributed by atoms with Crippen molar-refractivity contribution in [3.63, 3.8) is 0 Å². The summed E-state index contributed by atoms with van der Waals surface area (Å²) in [5, 5.41) is 6.57. The van der Waals surface area contributed by atoms with Crippen LogP contribution < -0.4 is 15.5 Å². The molecule has 7 heteroatoms. The summed E-state index contributed by atoms with van der Waals surface area (Å²) in [7, 11) is 0. The monoisotopic (exact) mass is 425 g/mol. The number of nitrogens with zero attached hydrogens (tertiary/aromatic N) is 1. The van der Waals surface area contributed by atoms with Crippen molar-refractivity contribution in [3.05, 3.63) is 53.5 Å². The zero-order valence-electron chi connectivity index (χ0n) is 16.3. The maximum atomic E-state index is 12.8. The van der Waals surface area contributed by atoms with Gasteiger partial charge in [-0.2, -0.15) is 0 Å². The summed E-state index contributed by atoms with van der Waals surface area (Å²) in [4.78, 5) is 15.2. The summed E-state index contributed by atoms with van der Waals surface area (Å²) in [5.41, 5.74) is 3.58. The molecule has 0 spiro atoms. The van der Waals surface area contributed by atoms with Gasteiger partial charge in [-0.3, -0.25) is 4.79 Å². The minimum Gasteiger partial charge on any atom is -0.459 e. The molecule has 3 heterocycles. The maximum Gasteiger partial charge on any atom is 0.287 e. The Morgan fingerprint density at radius 1 is 1.25 bits per heavy atom. The van der Waals surface area contributed by atoms with Gasteiger partial charge in [-0.25, -0.2) is 0 Å². The van der Waals surface area contributed by atoms with Crippen molar-refractivity contribution < 1.29 is 9.21 Å². The summed E-state index contributed by atoms with van der Waals surface area (Å²) in [6.45, 7) is 6.06. The maximum absolute atomic E-state index is 12.8. The van der Waals surface area contributed by atoms with Crippen LogP contribution in [-0.4, -0.2) is 30.6 Å². The number of carbonyl (C=O) groups is 1. The second kappa shape index (κ2) is 9.68. The van der Waals surface area contributed by atoms with Crippen LogP contribution in [0.3, 0.4) is 0 Å². The first kappa shape index (κ1) is 22.6. The van der Waals surface area contributed by atoms with E-state index in [-0.39, 0.29) is 42.8 Å². The predicted molar refractivity (Wildman–Crippen MR) is 117 cm³/mol. The lowest BCUT2D eigenvalue weighted by molar-refractivity contribution is 0.0890. The molecule has 1 aromatic heterocycles. The number of fused-ring (bicyclic) bond motifs is 1. The van der Waals surface area contributed by atoms with Crippen LogP contribution in [0.2, 0.25) is 0 Å². The molecule has 0 radical (unpaired) electrons. The van der Waals surface area contributed by atoms with Gasteiger partial charge in [0, 0.05) is 35.9 Å². The van der Waals surface area contributed by atoms with Gasteiger partial charge in [0.15, 0.2) is 5.76 Å². The number of halogens is 2. The van der Waals surface area contributed by atoms with Crippen molar-refractivity contribution in [2.45, 2.75) is 57.8 Å². The molecule has 5 nitrogen and oxygen atoms in total. The molecule has 28 heavy (non-hydrogen) atoms. The lowest BCUT2D eigenvalue weighted by Crippen LogP contribution is -2.52. The van der Waals surface area contributed by atoms with Crippen LogP contribution in [0.25, 0.3) is 0 Å². The summed E-state index contributed by atoms with van der Waals surface area (Å²) >= 11 is 0. The van der Waals surface area contributed by atoms with Gasteiger partial charge in [-0.15, -0.1) is 24.8 Å². The molecular weight excluding hydrogens is 397 g/mol. The smallest absolute Gasteiger partial charge is 0.287 e. The number of amides is 1. The van der Waals surface area contributed by atoms with E-state index in [2.05, 4.69) is 53.6 Å². The first-order chi connectivity index (χ1) is 12.6. The molecule has 2 aliphatic rings. The SMILES string of the molecule is CC1NCCCC1NC(=O)c1occc1CN1c2ccccc2CC1C.Cl.Cl. The molecule has 4 rings (SSSR count). The molecule has 3 unspecified atom stereocenters. The third kappa shape index (κ3) is 4.48. The van der Waals surface area contributed by atoms with Crippen molar-refractivity contribution in [1.82, 2.24) is 10.6 Å². The van der Waals surface area contributed by atoms with Crippen LogP contribution in [-0.2, 0) is 13.0 Å². The molecule has 2 N–H and O–H groups in total. The first-order valence-corrected chi connectivity index (χ1v) is 9.58. The first-order valence-electron chi connectivity index (χ1n) is 9.58. The number of hydrogen-bond donors (Lipinski definition) is 2. The minimum absolute atomic E-state index is 0. The fraction of sp³-hybridized carbons (Fsp3) is 0.476. The lowest BCUT2D eigenvalue weighted by Gasteiger charge is -2.30. The van der Waals surface area contributed by atoms with Crippen molar-refractivity contribution in [3.8, 4) is 0 Å². The Hall–Kier alpha value is -1.69. The summed E-state index contributed by atoms with van der Waals surface area (Å²) in [6.07, 6.45) is 4.76. The van der Waals surface area contributed by atoms with Crippen LogP contribution >= 0.6 is 24.8 Å². The highest BCUT2D eigenvalue weighted by Gasteiger charge is 2.29. The number of carbonyl (C=O) groups excluding carboxylic acids is 1. The zero-order chi connectivity index (χ0) is 18.1. The molecule has 2 aliphatic heterocycles. The Morgan fingerprint density at radius 2 is 2.04 bits per heavy atom. The fourth-order valence-corrected chi connectivity index (χ4v) is 4.19. The number of anilines is 1.